The van der Waals surface area contributed by atoms with Gasteiger partial charge in [-0.05, 0) is 61.6 Å². The largest absolute Gasteiger partial charge is 0.488 e. The summed E-state index contributed by atoms with van der Waals surface area (Å²) < 4.78 is 12.5. The minimum atomic E-state index is -0.264. The van der Waals surface area contributed by atoms with Crippen LogP contribution in [0.5, 0.6) is 5.75 Å². The summed E-state index contributed by atoms with van der Waals surface area (Å²) in [6, 6.07) is 5.95. The van der Waals surface area contributed by atoms with Crippen molar-refractivity contribution >= 4 is 28.9 Å². The summed E-state index contributed by atoms with van der Waals surface area (Å²) in [7, 11) is 0. The molecule has 1 aromatic carbocycles. The summed E-state index contributed by atoms with van der Waals surface area (Å²) in [5, 5.41) is 0. The maximum Gasteiger partial charge on any atom is 0.334 e. The molecule has 1 aliphatic carbocycles. The zero-order valence-electron chi connectivity index (χ0n) is 14.2. The van der Waals surface area contributed by atoms with Crippen molar-refractivity contribution in [2.45, 2.75) is 39.4 Å². The molecule has 0 N–H and O–H groups in total. The van der Waals surface area contributed by atoms with Gasteiger partial charge in [-0.25, -0.2) is 4.79 Å². The first kappa shape index (κ1) is 16.7. The molecule has 1 aromatic heterocycles. The highest BCUT2D eigenvalue weighted by Gasteiger charge is 2.44. The van der Waals surface area contributed by atoms with Gasteiger partial charge in [-0.1, -0.05) is 18.2 Å². The fourth-order valence-corrected chi connectivity index (χ4v) is 4.90. The molecule has 2 atom stereocenters. The highest BCUT2D eigenvalue weighted by Crippen LogP contribution is 2.49. The van der Waals surface area contributed by atoms with Gasteiger partial charge in [0.1, 0.15) is 18.5 Å². The number of ether oxygens (including phenoxy) is 2. The standard InChI is InChI=1S/C20H19ClO3S/c1-10-8-16(23-9-13-4-7-17(21)25-13)12(3)18-14(10)5-6-15-11(2)20(22)24-19(15)18/h4,7-8,15,19H,2,5-6,9H2,1,3H3/t15-,19+/m0/s1. The van der Waals surface area contributed by atoms with Gasteiger partial charge in [0.2, 0.25) is 0 Å². The Labute approximate surface area is 156 Å². The summed E-state index contributed by atoms with van der Waals surface area (Å²) >= 11 is 7.51. The predicted octanol–water partition coefficient (Wildman–Crippen LogP) is 5.31. The topological polar surface area (TPSA) is 35.5 Å². The van der Waals surface area contributed by atoms with Crippen LogP contribution in [0, 0.1) is 19.8 Å². The predicted molar refractivity (Wildman–Crippen MR) is 99.4 cm³/mol. The summed E-state index contributed by atoms with van der Waals surface area (Å²) in [5.41, 5.74) is 5.25. The van der Waals surface area contributed by atoms with Crippen molar-refractivity contribution in [3.05, 3.63) is 61.8 Å². The van der Waals surface area contributed by atoms with Crippen molar-refractivity contribution in [3.8, 4) is 5.75 Å². The third-order valence-electron chi connectivity index (χ3n) is 5.22. The number of benzene rings is 1. The molecule has 0 saturated carbocycles. The van der Waals surface area contributed by atoms with Crippen LogP contribution in [-0.2, 0) is 22.6 Å². The zero-order chi connectivity index (χ0) is 17.7. The molecule has 2 heterocycles. The molecule has 3 nitrogen and oxygen atoms in total. The van der Waals surface area contributed by atoms with Crippen LogP contribution in [-0.4, -0.2) is 5.97 Å². The number of carbonyl (C=O) groups is 1. The lowest BCUT2D eigenvalue weighted by molar-refractivity contribution is -0.139. The highest BCUT2D eigenvalue weighted by molar-refractivity contribution is 7.16. The number of hydrogen-bond donors (Lipinski definition) is 0. The quantitative estimate of drug-likeness (QED) is 0.539. The van der Waals surface area contributed by atoms with Crippen LogP contribution in [0.15, 0.2) is 30.4 Å². The Balaban J connectivity index is 1.69. The van der Waals surface area contributed by atoms with Gasteiger partial charge in [0.25, 0.3) is 0 Å². The fraction of sp³-hybridized carbons (Fsp3) is 0.350. The normalized spacial score (nSPS) is 21.7. The molecule has 5 heteroatoms. The van der Waals surface area contributed by atoms with E-state index in [1.165, 1.54) is 22.5 Å². The zero-order valence-corrected chi connectivity index (χ0v) is 15.8. The molecule has 130 valence electrons. The van der Waals surface area contributed by atoms with Crippen molar-refractivity contribution in [2.24, 2.45) is 5.92 Å². The Hall–Kier alpha value is -1.78. The molecule has 0 bridgehead atoms. The van der Waals surface area contributed by atoms with Crippen LogP contribution < -0.4 is 4.74 Å². The maximum atomic E-state index is 12.0. The van der Waals surface area contributed by atoms with E-state index >= 15 is 0 Å². The van der Waals surface area contributed by atoms with Gasteiger partial charge >= 0.3 is 5.97 Å². The Morgan fingerprint density at radius 1 is 1.40 bits per heavy atom. The molecule has 0 radical (unpaired) electrons. The maximum absolute atomic E-state index is 12.0. The van der Waals surface area contributed by atoms with E-state index in [9.17, 15) is 4.79 Å². The average molecular weight is 375 g/mol. The van der Waals surface area contributed by atoms with Crippen molar-refractivity contribution in [1.82, 2.24) is 0 Å². The number of esters is 1. The molecule has 2 aliphatic rings. The Morgan fingerprint density at radius 2 is 2.20 bits per heavy atom. The summed E-state index contributed by atoms with van der Waals surface area (Å²) in [6.07, 6.45) is 1.64. The highest BCUT2D eigenvalue weighted by atomic mass is 35.5. The van der Waals surface area contributed by atoms with E-state index in [0.29, 0.717) is 12.2 Å². The van der Waals surface area contributed by atoms with E-state index in [-0.39, 0.29) is 18.0 Å². The van der Waals surface area contributed by atoms with Gasteiger partial charge in [0.05, 0.1) is 4.34 Å². The second-order valence-electron chi connectivity index (χ2n) is 6.70. The van der Waals surface area contributed by atoms with E-state index < -0.39 is 0 Å². The molecular formula is C20H19ClO3S. The van der Waals surface area contributed by atoms with Gasteiger partial charge in [-0.2, -0.15) is 0 Å². The fourth-order valence-electron chi connectivity index (χ4n) is 3.90. The van der Waals surface area contributed by atoms with Crippen molar-refractivity contribution in [1.29, 1.82) is 0 Å². The summed E-state index contributed by atoms with van der Waals surface area (Å²) in [4.78, 5) is 13.1. The van der Waals surface area contributed by atoms with Crippen molar-refractivity contribution < 1.29 is 14.3 Å². The van der Waals surface area contributed by atoms with Gasteiger partial charge in [0.15, 0.2) is 0 Å². The molecule has 4 rings (SSSR count). The van der Waals surface area contributed by atoms with Crippen LogP contribution in [0.25, 0.3) is 0 Å². The van der Waals surface area contributed by atoms with Gasteiger partial charge in [0, 0.05) is 21.9 Å². The molecule has 0 unspecified atom stereocenters. The lowest BCUT2D eigenvalue weighted by atomic mass is 9.76. The van der Waals surface area contributed by atoms with E-state index in [0.717, 1.165) is 38.9 Å². The summed E-state index contributed by atoms with van der Waals surface area (Å²) in [5.74, 6) is 0.666. The molecule has 25 heavy (non-hydrogen) atoms. The second-order valence-corrected chi connectivity index (χ2v) is 8.50. The SMILES string of the molecule is C=C1C(=O)O[C@H]2c3c(C)c(OCc4ccc(Cl)s4)cc(C)c3CC[C@@H]12. The first-order valence-electron chi connectivity index (χ1n) is 8.35. The minimum absolute atomic E-state index is 0.0875. The van der Waals surface area contributed by atoms with Crippen molar-refractivity contribution in [2.75, 3.05) is 0 Å². The van der Waals surface area contributed by atoms with Gasteiger partial charge in [-0.15, -0.1) is 11.3 Å². The lowest BCUT2D eigenvalue weighted by Crippen LogP contribution is -2.20. The molecular weight excluding hydrogens is 356 g/mol. The molecule has 1 fully saturated rings. The van der Waals surface area contributed by atoms with Crippen LogP contribution in [0.1, 0.15) is 39.7 Å². The number of thiophene rings is 1. The Morgan fingerprint density at radius 3 is 2.92 bits per heavy atom. The Kier molecular flexibility index (Phi) is 4.13. The average Bonchev–Trinajstić information content (AvgIpc) is 3.13. The van der Waals surface area contributed by atoms with Crippen LogP contribution in [0.3, 0.4) is 0 Å². The van der Waals surface area contributed by atoms with Gasteiger partial charge < -0.3 is 9.47 Å². The number of fused-ring (bicyclic) bond motifs is 3. The number of carbonyl (C=O) groups excluding carboxylic acids is 1. The number of rotatable bonds is 3. The van der Waals surface area contributed by atoms with Crippen molar-refractivity contribution in [3.63, 3.8) is 0 Å². The second kappa shape index (κ2) is 6.19. The molecule has 1 aliphatic heterocycles. The van der Waals surface area contributed by atoms with Gasteiger partial charge in [-0.3, -0.25) is 0 Å². The molecule has 0 spiro atoms. The van der Waals surface area contributed by atoms with E-state index in [1.807, 2.05) is 19.1 Å². The molecule has 2 aromatic rings. The number of aryl methyl sites for hydroxylation is 1. The number of halogens is 1. The van der Waals surface area contributed by atoms with Crippen LogP contribution in [0.2, 0.25) is 4.34 Å². The van der Waals surface area contributed by atoms with Crippen LogP contribution in [0.4, 0.5) is 0 Å². The van der Waals surface area contributed by atoms with E-state index in [1.54, 1.807) is 0 Å². The molecule has 1 saturated heterocycles. The first-order chi connectivity index (χ1) is 12.0. The van der Waals surface area contributed by atoms with E-state index in [2.05, 4.69) is 19.6 Å². The first-order valence-corrected chi connectivity index (χ1v) is 9.55. The minimum Gasteiger partial charge on any atom is -0.488 e. The third-order valence-corrected chi connectivity index (χ3v) is 6.42. The lowest BCUT2D eigenvalue weighted by Gasteiger charge is -2.30. The third kappa shape index (κ3) is 2.77. The van der Waals surface area contributed by atoms with E-state index in [4.69, 9.17) is 21.1 Å². The monoisotopic (exact) mass is 374 g/mol. The smallest absolute Gasteiger partial charge is 0.334 e. The molecule has 0 amide bonds. The van der Waals surface area contributed by atoms with Crippen LogP contribution >= 0.6 is 22.9 Å². The Bertz CT molecular complexity index is 883. The summed E-state index contributed by atoms with van der Waals surface area (Å²) in [6.45, 7) is 8.56. The number of hydrogen-bond acceptors (Lipinski definition) is 4.